The van der Waals surface area contributed by atoms with Crippen molar-refractivity contribution in [3.05, 3.63) is 30.0 Å². The largest absolute Gasteiger partial charge is 0.497 e. The topological polar surface area (TPSA) is 65.5 Å². The minimum Gasteiger partial charge on any atom is -0.497 e. The van der Waals surface area contributed by atoms with E-state index in [1.54, 1.807) is 19.4 Å². The van der Waals surface area contributed by atoms with Crippen molar-refractivity contribution in [2.24, 2.45) is 5.73 Å². The van der Waals surface area contributed by atoms with Gasteiger partial charge >= 0.3 is 0 Å². The minimum absolute atomic E-state index is 0.194. The highest BCUT2D eigenvalue weighted by Gasteiger charge is 2.08. The molecule has 2 rings (SSSR count). The van der Waals surface area contributed by atoms with Crippen molar-refractivity contribution in [3.8, 4) is 5.75 Å². The summed E-state index contributed by atoms with van der Waals surface area (Å²) < 4.78 is 10.4. The lowest BCUT2D eigenvalue weighted by Crippen LogP contribution is -2.13. The van der Waals surface area contributed by atoms with Crippen LogP contribution in [0.4, 0.5) is 0 Å². The summed E-state index contributed by atoms with van der Waals surface area (Å²) in [5.74, 6) is 0.357. The zero-order valence-corrected chi connectivity index (χ0v) is 8.32. The van der Waals surface area contributed by atoms with Gasteiger partial charge in [-0.05, 0) is 12.1 Å². The molecule has 0 unspecified atom stereocenters. The first-order valence-corrected chi connectivity index (χ1v) is 4.53. The lowest BCUT2D eigenvalue weighted by atomic mass is 10.1. The summed E-state index contributed by atoms with van der Waals surface area (Å²) in [4.78, 5) is 10.8. The molecule has 1 heterocycles. The van der Waals surface area contributed by atoms with Gasteiger partial charge in [0.15, 0.2) is 0 Å². The molecule has 2 aromatic rings. The third-order valence-electron chi connectivity index (χ3n) is 2.23. The SMILES string of the molecule is COc1ccc2c(CC(N)=O)coc2c1. The average Bonchev–Trinajstić information content (AvgIpc) is 2.60. The maximum Gasteiger partial charge on any atom is 0.221 e. The quantitative estimate of drug-likeness (QED) is 0.825. The van der Waals surface area contributed by atoms with Crippen LogP contribution in [0.25, 0.3) is 11.0 Å². The van der Waals surface area contributed by atoms with E-state index < -0.39 is 0 Å². The third kappa shape index (κ3) is 1.79. The Morgan fingerprint density at radius 2 is 2.33 bits per heavy atom. The lowest BCUT2D eigenvalue weighted by Gasteiger charge is -1.98. The lowest BCUT2D eigenvalue weighted by molar-refractivity contribution is -0.117. The Labute approximate surface area is 86.6 Å². The van der Waals surface area contributed by atoms with Gasteiger partial charge in [-0.25, -0.2) is 0 Å². The van der Waals surface area contributed by atoms with Gasteiger partial charge in [0, 0.05) is 17.0 Å². The van der Waals surface area contributed by atoms with E-state index >= 15 is 0 Å². The number of rotatable bonds is 3. The van der Waals surface area contributed by atoms with Crippen LogP contribution in [0.1, 0.15) is 5.56 Å². The second-order valence-corrected chi connectivity index (χ2v) is 3.27. The number of nitrogens with two attached hydrogens (primary N) is 1. The molecule has 1 aromatic carbocycles. The van der Waals surface area contributed by atoms with Crippen molar-refractivity contribution in [2.75, 3.05) is 7.11 Å². The average molecular weight is 205 g/mol. The van der Waals surface area contributed by atoms with E-state index in [1.165, 1.54) is 0 Å². The van der Waals surface area contributed by atoms with Gasteiger partial charge < -0.3 is 14.9 Å². The van der Waals surface area contributed by atoms with Crippen LogP contribution < -0.4 is 10.5 Å². The Bertz CT molecular complexity index is 502. The minimum atomic E-state index is -0.367. The van der Waals surface area contributed by atoms with Crippen LogP contribution >= 0.6 is 0 Å². The summed E-state index contributed by atoms with van der Waals surface area (Å²) >= 11 is 0. The molecule has 0 spiro atoms. The molecule has 0 bridgehead atoms. The molecule has 78 valence electrons. The van der Waals surface area contributed by atoms with Crippen LogP contribution in [-0.2, 0) is 11.2 Å². The smallest absolute Gasteiger partial charge is 0.221 e. The number of benzene rings is 1. The van der Waals surface area contributed by atoms with Gasteiger partial charge in [-0.1, -0.05) is 0 Å². The fraction of sp³-hybridized carbons (Fsp3) is 0.182. The van der Waals surface area contributed by atoms with E-state index in [9.17, 15) is 4.79 Å². The van der Waals surface area contributed by atoms with Crippen LogP contribution in [0.5, 0.6) is 5.75 Å². The monoisotopic (exact) mass is 205 g/mol. The van der Waals surface area contributed by atoms with Crippen molar-refractivity contribution < 1.29 is 13.9 Å². The fourth-order valence-electron chi connectivity index (χ4n) is 1.52. The van der Waals surface area contributed by atoms with Crippen molar-refractivity contribution >= 4 is 16.9 Å². The summed E-state index contributed by atoms with van der Waals surface area (Å²) in [5, 5.41) is 0.898. The number of furan rings is 1. The number of methoxy groups -OCH3 is 1. The Kier molecular flexibility index (Phi) is 2.33. The van der Waals surface area contributed by atoms with Crippen molar-refractivity contribution in [1.29, 1.82) is 0 Å². The van der Waals surface area contributed by atoms with Gasteiger partial charge in [0.1, 0.15) is 11.3 Å². The number of hydrogen-bond donors (Lipinski definition) is 1. The summed E-state index contributed by atoms with van der Waals surface area (Å²) in [7, 11) is 1.59. The molecule has 0 saturated carbocycles. The highest BCUT2D eigenvalue weighted by Crippen LogP contribution is 2.25. The van der Waals surface area contributed by atoms with Gasteiger partial charge in [0.25, 0.3) is 0 Å². The maximum absolute atomic E-state index is 10.8. The Balaban J connectivity index is 2.47. The maximum atomic E-state index is 10.8. The molecule has 0 aliphatic rings. The van der Waals surface area contributed by atoms with Crippen LogP contribution in [0.3, 0.4) is 0 Å². The third-order valence-corrected chi connectivity index (χ3v) is 2.23. The summed E-state index contributed by atoms with van der Waals surface area (Å²) in [5.41, 5.74) is 6.63. The molecule has 0 aliphatic carbocycles. The summed E-state index contributed by atoms with van der Waals surface area (Å²) in [6, 6.07) is 5.46. The molecule has 15 heavy (non-hydrogen) atoms. The van der Waals surface area contributed by atoms with E-state index in [0.29, 0.717) is 5.58 Å². The second-order valence-electron chi connectivity index (χ2n) is 3.27. The Morgan fingerprint density at radius 1 is 1.53 bits per heavy atom. The first kappa shape index (κ1) is 9.58. The van der Waals surface area contributed by atoms with E-state index in [-0.39, 0.29) is 12.3 Å². The molecule has 0 aliphatic heterocycles. The molecule has 0 atom stereocenters. The standard InChI is InChI=1S/C11H11NO3/c1-14-8-2-3-9-7(4-11(12)13)6-15-10(9)5-8/h2-3,5-6H,4H2,1H3,(H2,12,13). The number of carbonyl (C=O) groups excluding carboxylic acids is 1. The van der Waals surface area contributed by atoms with Crippen LogP contribution in [0.2, 0.25) is 0 Å². The van der Waals surface area contributed by atoms with Gasteiger partial charge in [-0.2, -0.15) is 0 Å². The Hall–Kier alpha value is -1.97. The number of fused-ring (bicyclic) bond motifs is 1. The molecule has 1 aromatic heterocycles. The zero-order chi connectivity index (χ0) is 10.8. The molecular formula is C11H11NO3. The number of amides is 1. The fourth-order valence-corrected chi connectivity index (χ4v) is 1.52. The van der Waals surface area contributed by atoms with Gasteiger partial charge in [0.05, 0.1) is 19.8 Å². The molecule has 0 radical (unpaired) electrons. The Morgan fingerprint density at radius 3 is 3.00 bits per heavy atom. The van der Waals surface area contributed by atoms with Crippen molar-refractivity contribution in [1.82, 2.24) is 0 Å². The second kappa shape index (κ2) is 3.65. The van der Waals surface area contributed by atoms with Gasteiger partial charge in [-0.15, -0.1) is 0 Å². The van der Waals surface area contributed by atoms with Crippen LogP contribution in [0, 0.1) is 0 Å². The highest BCUT2D eigenvalue weighted by atomic mass is 16.5. The molecule has 4 heteroatoms. The summed E-state index contributed by atoms with van der Waals surface area (Å²) in [6.07, 6.45) is 1.74. The number of carbonyl (C=O) groups is 1. The van der Waals surface area contributed by atoms with E-state index in [4.69, 9.17) is 14.9 Å². The molecule has 1 amide bonds. The molecular weight excluding hydrogens is 194 g/mol. The van der Waals surface area contributed by atoms with Crippen molar-refractivity contribution in [2.45, 2.75) is 6.42 Å². The van der Waals surface area contributed by atoms with Gasteiger partial charge in [0.2, 0.25) is 5.91 Å². The van der Waals surface area contributed by atoms with E-state index in [0.717, 1.165) is 16.7 Å². The first-order chi connectivity index (χ1) is 7.20. The molecule has 2 N–H and O–H groups in total. The first-order valence-electron chi connectivity index (χ1n) is 4.53. The van der Waals surface area contributed by atoms with E-state index in [2.05, 4.69) is 0 Å². The number of hydrogen-bond acceptors (Lipinski definition) is 3. The molecule has 0 saturated heterocycles. The highest BCUT2D eigenvalue weighted by molar-refractivity contribution is 5.87. The predicted octanol–water partition coefficient (Wildman–Crippen LogP) is 1.47. The van der Waals surface area contributed by atoms with Crippen molar-refractivity contribution in [3.63, 3.8) is 0 Å². The molecule has 4 nitrogen and oxygen atoms in total. The van der Waals surface area contributed by atoms with Crippen LogP contribution in [0.15, 0.2) is 28.9 Å². The zero-order valence-electron chi connectivity index (χ0n) is 8.32. The van der Waals surface area contributed by atoms with Gasteiger partial charge in [-0.3, -0.25) is 4.79 Å². The number of primary amides is 1. The molecule has 0 fully saturated rings. The normalized spacial score (nSPS) is 10.5. The number of ether oxygens (including phenoxy) is 1. The van der Waals surface area contributed by atoms with E-state index in [1.807, 2.05) is 12.1 Å². The predicted molar refractivity (Wildman–Crippen MR) is 55.7 cm³/mol. The summed E-state index contributed by atoms with van der Waals surface area (Å²) in [6.45, 7) is 0. The van der Waals surface area contributed by atoms with Crippen LogP contribution in [-0.4, -0.2) is 13.0 Å².